The molecule has 4 N–H and O–H groups in total. The number of nitrogen functional groups attached to an aromatic ring is 1. The topological polar surface area (TPSA) is 123 Å². The summed E-state index contributed by atoms with van der Waals surface area (Å²) in [4.78, 5) is 27.4. The van der Waals surface area contributed by atoms with Gasteiger partial charge in [0.15, 0.2) is 11.5 Å². The number of anilines is 2. The lowest BCUT2D eigenvalue weighted by Crippen LogP contribution is -2.44. The maximum absolute atomic E-state index is 12.5. The average Bonchev–Trinajstić information content (AvgIpc) is 3.24. The number of carbonyl (C=O) groups excluding carboxylic acids is 1. The summed E-state index contributed by atoms with van der Waals surface area (Å²) >= 11 is 0. The lowest BCUT2D eigenvalue weighted by atomic mass is 9.87. The molecule has 0 fully saturated rings. The standard InChI is InChI=1S/C27H42N8O2/c1-26(2,3)19-8-10-20(11-9-19)33-25(36)29-15-27(4,5)16-34(6)14-21(37-7)12-13-35-18-32-22-23(28)30-17-31-24(22)35/h8-11,17-18,21H,12-16H2,1-7H3,(H2,28,30,31)(H2,29,33,36). The number of ether oxygens (including phenoxy) is 1. The van der Waals surface area contributed by atoms with Crippen molar-refractivity contribution in [2.75, 3.05) is 44.8 Å². The zero-order chi connectivity index (χ0) is 27.2. The first-order valence-corrected chi connectivity index (χ1v) is 12.7. The van der Waals surface area contributed by atoms with Gasteiger partial charge in [0.1, 0.15) is 11.8 Å². The van der Waals surface area contributed by atoms with Crippen LogP contribution >= 0.6 is 0 Å². The van der Waals surface area contributed by atoms with Gasteiger partial charge >= 0.3 is 6.03 Å². The van der Waals surface area contributed by atoms with Crippen LogP contribution in [0.3, 0.4) is 0 Å². The number of nitrogens with one attached hydrogen (secondary N) is 2. The Hall–Kier alpha value is -3.24. The van der Waals surface area contributed by atoms with Gasteiger partial charge in [-0.25, -0.2) is 19.7 Å². The van der Waals surface area contributed by atoms with E-state index in [0.29, 0.717) is 24.4 Å². The van der Waals surface area contributed by atoms with Gasteiger partial charge in [0.2, 0.25) is 0 Å². The Morgan fingerprint density at radius 1 is 1.14 bits per heavy atom. The highest BCUT2D eigenvalue weighted by molar-refractivity contribution is 5.89. The molecule has 0 aliphatic carbocycles. The molecule has 1 aromatic carbocycles. The lowest BCUT2D eigenvalue weighted by molar-refractivity contribution is 0.0525. The minimum absolute atomic E-state index is 0.0322. The molecule has 10 nitrogen and oxygen atoms in total. The summed E-state index contributed by atoms with van der Waals surface area (Å²) < 4.78 is 7.73. The number of fused-ring (bicyclic) bond motifs is 1. The number of benzene rings is 1. The molecule has 3 rings (SSSR count). The number of amides is 2. The molecule has 1 atom stereocenters. The van der Waals surface area contributed by atoms with Gasteiger partial charge in [-0.1, -0.05) is 46.8 Å². The number of aromatic nitrogens is 4. The molecule has 0 saturated carbocycles. The molecule has 1 unspecified atom stereocenters. The highest BCUT2D eigenvalue weighted by Gasteiger charge is 2.23. The number of nitrogens with zero attached hydrogens (tertiary/aromatic N) is 5. The molecule has 37 heavy (non-hydrogen) atoms. The molecule has 0 spiro atoms. The molecule has 10 heteroatoms. The van der Waals surface area contributed by atoms with Crippen molar-refractivity contribution < 1.29 is 9.53 Å². The lowest BCUT2D eigenvalue weighted by Gasteiger charge is -2.32. The van der Waals surface area contributed by atoms with Gasteiger partial charge in [-0.05, 0) is 42.0 Å². The largest absolute Gasteiger partial charge is 0.382 e. The Morgan fingerprint density at radius 2 is 1.84 bits per heavy atom. The van der Waals surface area contributed by atoms with E-state index >= 15 is 0 Å². The SMILES string of the molecule is COC(CCn1cnc2c(N)ncnc21)CN(C)CC(C)(C)CNC(=O)Nc1ccc(C(C)(C)C)cc1. The van der Waals surface area contributed by atoms with Crippen molar-refractivity contribution in [2.24, 2.45) is 5.41 Å². The Labute approximate surface area is 220 Å². The fourth-order valence-electron chi connectivity index (χ4n) is 4.38. The van der Waals surface area contributed by atoms with E-state index < -0.39 is 0 Å². The fourth-order valence-corrected chi connectivity index (χ4v) is 4.38. The van der Waals surface area contributed by atoms with Gasteiger partial charge in [0.05, 0.1) is 12.4 Å². The quantitative estimate of drug-likeness (QED) is 0.358. The van der Waals surface area contributed by atoms with Gasteiger partial charge < -0.3 is 30.6 Å². The normalized spacial score (nSPS) is 13.2. The van der Waals surface area contributed by atoms with Crippen LogP contribution in [0.4, 0.5) is 16.3 Å². The van der Waals surface area contributed by atoms with E-state index in [1.54, 1.807) is 13.4 Å². The number of methoxy groups -OCH3 is 1. The first-order valence-electron chi connectivity index (χ1n) is 12.7. The molecule has 0 radical (unpaired) electrons. The third-order valence-electron chi connectivity index (χ3n) is 6.40. The van der Waals surface area contributed by atoms with Gasteiger partial charge in [-0.15, -0.1) is 0 Å². The first kappa shape index (κ1) is 28.3. The van der Waals surface area contributed by atoms with E-state index in [-0.39, 0.29) is 23.0 Å². The summed E-state index contributed by atoms with van der Waals surface area (Å²) in [5, 5.41) is 5.94. The molecule has 0 aliphatic heterocycles. The number of nitrogens with two attached hydrogens (primary N) is 1. The number of hydrogen-bond donors (Lipinski definition) is 3. The van der Waals surface area contributed by atoms with Gasteiger partial charge in [0.25, 0.3) is 0 Å². The number of likely N-dealkylation sites (N-methyl/N-ethyl adjacent to an activating group) is 1. The van der Waals surface area contributed by atoms with Gasteiger partial charge in [0, 0.05) is 39.0 Å². The van der Waals surface area contributed by atoms with E-state index in [9.17, 15) is 4.79 Å². The number of carbonyl (C=O) groups is 1. The van der Waals surface area contributed by atoms with Crippen molar-refractivity contribution in [1.29, 1.82) is 0 Å². The van der Waals surface area contributed by atoms with Crippen LogP contribution in [0.15, 0.2) is 36.9 Å². The van der Waals surface area contributed by atoms with Crippen molar-refractivity contribution in [3.63, 3.8) is 0 Å². The predicted octanol–water partition coefficient (Wildman–Crippen LogP) is 3.89. The third-order valence-corrected chi connectivity index (χ3v) is 6.40. The Balaban J connectivity index is 1.44. The Bertz CT molecular complexity index is 1170. The molecule has 0 saturated heterocycles. The molecule has 2 amide bonds. The van der Waals surface area contributed by atoms with Crippen LogP contribution in [0.2, 0.25) is 0 Å². The average molecular weight is 511 g/mol. The van der Waals surface area contributed by atoms with Crippen LogP contribution in [-0.4, -0.2) is 70.3 Å². The van der Waals surface area contributed by atoms with Gasteiger partial charge in [-0.2, -0.15) is 0 Å². The van der Waals surface area contributed by atoms with Crippen LogP contribution in [0, 0.1) is 5.41 Å². The number of imidazole rings is 1. The summed E-state index contributed by atoms with van der Waals surface area (Å²) in [6.07, 6.45) is 4.02. The second-order valence-electron chi connectivity index (χ2n) is 11.5. The van der Waals surface area contributed by atoms with Crippen LogP contribution in [-0.2, 0) is 16.7 Å². The summed E-state index contributed by atoms with van der Waals surface area (Å²) in [6, 6.07) is 7.79. The number of urea groups is 1. The minimum atomic E-state index is -0.203. The highest BCUT2D eigenvalue weighted by Crippen LogP contribution is 2.23. The first-order chi connectivity index (χ1) is 17.4. The van der Waals surface area contributed by atoms with Crippen LogP contribution in [0.5, 0.6) is 0 Å². The number of hydrogen-bond acceptors (Lipinski definition) is 7. The monoisotopic (exact) mass is 510 g/mol. The van der Waals surface area contributed by atoms with E-state index in [4.69, 9.17) is 10.5 Å². The molecule has 3 aromatic rings. The summed E-state index contributed by atoms with van der Waals surface area (Å²) in [5.41, 5.74) is 9.20. The third kappa shape index (κ3) is 8.13. The molecule has 2 heterocycles. The minimum Gasteiger partial charge on any atom is -0.382 e. The zero-order valence-electron chi connectivity index (χ0n) is 23.2. The van der Waals surface area contributed by atoms with Crippen molar-refractivity contribution in [3.8, 4) is 0 Å². The fraction of sp³-hybridized carbons (Fsp3) is 0.556. The summed E-state index contributed by atoms with van der Waals surface area (Å²) in [5.74, 6) is 0.384. The number of rotatable bonds is 11. The van der Waals surface area contributed by atoms with E-state index in [2.05, 4.69) is 84.3 Å². The van der Waals surface area contributed by atoms with Crippen LogP contribution < -0.4 is 16.4 Å². The smallest absolute Gasteiger partial charge is 0.319 e. The second-order valence-corrected chi connectivity index (χ2v) is 11.5. The maximum atomic E-state index is 12.5. The molecule has 0 aliphatic rings. The molecular weight excluding hydrogens is 468 g/mol. The zero-order valence-corrected chi connectivity index (χ0v) is 23.2. The highest BCUT2D eigenvalue weighted by atomic mass is 16.5. The van der Waals surface area contributed by atoms with Crippen LogP contribution in [0.1, 0.15) is 46.6 Å². The molecule has 2 aromatic heterocycles. The van der Waals surface area contributed by atoms with E-state index in [0.717, 1.165) is 30.8 Å². The predicted molar refractivity (Wildman–Crippen MR) is 149 cm³/mol. The van der Waals surface area contributed by atoms with Crippen LogP contribution in [0.25, 0.3) is 11.2 Å². The summed E-state index contributed by atoms with van der Waals surface area (Å²) in [7, 11) is 3.81. The Kier molecular flexibility index (Phi) is 9.09. The van der Waals surface area contributed by atoms with Crippen molar-refractivity contribution >= 4 is 28.7 Å². The maximum Gasteiger partial charge on any atom is 0.319 e. The van der Waals surface area contributed by atoms with Crippen molar-refractivity contribution in [1.82, 2.24) is 29.7 Å². The van der Waals surface area contributed by atoms with Gasteiger partial charge in [-0.3, -0.25) is 0 Å². The second kappa shape index (κ2) is 11.9. The summed E-state index contributed by atoms with van der Waals surface area (Å²) in [6.45, 7) is 13.6. The van der Waals surface area contributed by atoms with E-state index in [1.165, 1.54) is 11.9 Å². The van der Waals surface area contributed by atoms with Crippen molar-refractivity contribution in [3.05, 3.63) is 42.5 Å². The molecular formula is C27H42N8O2. The molecule has 0 bridgehead atoms. The van der Waals surface area contributed by atoms with Crippen molar-refractivity contribution in [2.45, 2.75) is 59.1 Å². The van der Waals surface area contributed by atoms with E-state index in [1.807, 2.05) is 16.7 Å². The number of aryl methyl sites for hydroxylation is 1. The molecule has 202 valence electrons. The Morgan fingerprint density at radius 3 is 2.49 bits per heavy atom.